The zero-order chi connectivity index (χ0) is 13.2. The third-order valence-corrected chi connectivity index (χ3v) is 4.58. The average Bonchev–Trinajstić information content (AvgIpc) is 2.80. The minimum atomic E-state index is -1.08. The van der Waals surface area contributed by atoms with E-state index in [0.29, 0.717) is 5.75 Å². The Morgan fingerprint density at radius 2 is 2.11 bits per heavy atom. The van der Waals surface area contributed by atoms with Crippen LogP contribution in [0.5, 0.6) is 0 Å². The number of hydrogen-bond acceptors (Lipinski definition) is 2. The van der Waals surface area contributed by atoms with Crippen molar-refractivity contribution in [3.8, 4) is 0 Å². The van der Waals surface area contributed by atoms with Gasteiger partial charge in [0.05, 0.1) is 22.2 Å². The predicted octanol–water partition coefficient (Wildman–Crippen LogP) is 3.40. The smallest absolute Gasteiger partial charge is 0.137 e. The second kappa shape index (κ2) is 5.27. The number of benzene rings is 1. The summed E-state index contributed by atoms with van der Waals surface area (Å²) in [6.07, 6.45) is 3.86. The minimum absolute atomic E-state index is 0.429. The summed E-state index contributed by atoms with van der Waals surface area (Å²) in [5.41, 5.74) is 1.72. The van der Waals surface area contributed by atoms with Gasteiger partial charge in [0.15, 0.2) is 0 Å². The molecule has 0 aliphatic heterocycles. The SMILES string of the molecule is O=[S@@](Cc1cn2ccccc2n1)c1cccc(Br)c1. The van der Waals surface area contributed by atoms with E-state index in [4.69, 9.17) is 0 Å². The van der Waals surface area contributed by atoms with E-state index in [9.17, 15) is 4.21 Å². The standard InChI is InChI=1S/C14H11BrN2OS/c15-11-4-3-5-13(8-11)19(18)10-12-9-17-7-2-1-6-14(17)16-12/h1-9H,10H2/t19-/m0/s1. The van der Waals surface area contributed by atoms with E-state index in [1.54, 1.807) is 0 Å². The fourth-order valence-electron chi connectivity index (χ4n) is 1.88. The highest BCUT2D eigenvalue weighted by Gasteiger charge is 2.08. The first kappa shape index (κ1) is 12.6. The molecule has 1 atom stereocenters. The Morgan fingerprint density at radius 1 is 1.21 bits per heavy atom. The first-order valence-corrected chi connectivity index (χ1v) is 7.90. The fraction of sp³-hybridized carbons (Fsp3) is 0.0714. The van der Waals surface area contributed by atoms with Gasteiger partial charge in [-0.2, -0.15) is 0 Å². The van der Waals surface area contributed by atoms with Gasteiger partial charge < -0.3 is 4.40 Å². The first-order chi connectivity index (χ1) is 9.22. The minimum Gasteiger partial charge on any atom is -0.307 e. The molecular weight excluding hydrogens is 324 g/mol. The van der Waals surface area contributed by atoms with Crippen molar-refractivity contribution in [3.05, 3.63) is 65.0 Å². The molecule has 5 heteroatoms. The van der Waals surface area contributed by atoms with Crippen LogP contribution >= 0.6 is 15.9 Å². The molecule has 0 N–H and O–H groups in total. The van der Waals surface area contributed by atoms with E-state index < -0.39 is 10.8 Å². The number of halogens is 1. The maximum Gasteiger partial charge on any atom is 0.137 e. The molecule has 0 spiro atoms. The monoisotopic (exact) mass is 334 g/mol. The molecule has 2 heterocycles. The van der Waals surface area contributed by atoms with Crippen LogP contribution in [-0.4, -0.2) is 13.6 Å². The summed E-state index contributed by atoms with van der Waals surface area (Å²) in [6.45, 7) is 0. The van der Waals surface area contributed by atoms with Crippen molar-refractivity contribution in [1.29, 1.82) is 0 Å². The van der Waals surface area contributed by atoms with Crippen LogP contribution in [0.4, 0.5) is 0 Å². The lowest BCUT2D eigenvalue weighted by molar-refractivity contribution is 0.682. The van der Waals surface area contributed by atoms with Crippen LogP contribution < -0.4 is 0 Å². The number of nitrogens with zero attached hydrogens (tertiary/aromatic N) is 2. The molecule has 0 radical (unpaired) electrons. The highest BCUT2D eigenvalue weighted by atomic mass is 79.9. The maximum atomic E-state index is 12.3. The van der Waals surface area contributed by atoms with Crippen LogP contribution in [0.15, 0.2) is 64.2 Å². The predicted molar refractivity (Wildman–Crippen MR) is 79.4 cm³/mol. The summed E-state index contributed by atoms with van der Waals surface area (Å²) in [4.78, 5) is 5.27. The molecule has 0 unspecified atom stereocenters. The molecule has 3 nitrogen and oxygen atoms in total. The normalized spacial score (nSPS) is 12.7. The fourth-order valence-corrected chi connectivity index (χ4v) is 3.50. The summed E-state index contributed by atoms with van der Waals surface area (Å²) in [6, 6.07) is 13.4. The first-order valence-electron chi connectivity index (χ1n) is 5.79. The molecule has 0 amide bonds. The Labute approximate surface area is 121 Å². The average molecular weight is 335 g/mol. The second-order valence-electron chi connectivity index (χ2n) is 4.15. The van der Waals surface area contributed by atoms with E-state index in [1.165, 1.54) is 0 Å². The van der Waals surface area contributed by atoms with Gasteiger partial charge in [-0.25, -0.2) is 4.98 Å². The van der Waals surface area contributed by atoms with Crippen LogP contribution in [0, 0.1) is 0 Å². The van der Waals surface area contributed by atoms with Crippen molar-refractivity contribution in [1.82, 2.24) is 9.38 Å². The highest BCUT2D eigenvalue weighted by molar-refractivity contribution is 9.10. The van der Waals surface area contributed by atoms with E-state index in [2.05, 4.69) is 20.9 Å². The zero-order valence-electron chi connectivity index (χ0n) is 9.99. The summed E-state index contributed by atoms with van der Waals surface area (Å²) in [5, 5.41) is 0. The lowest BCUT2D eigenvalue weighted by atomic mass is 10.4. The third-order valence-electron chi connectivity index (χ3n) is 2.75. The van der Waals surface area contributed by atoms with Gasteiger partial charge in [-0.15, -0.1) is 0 Å². The molecule has 0 bridgehead atoms. The molecule has 19 heavy (non-hydrogen) atoms. The van der Waals surface area contributed by atoms with Gasteiger partial charge in [-0.1, -0.05) is 28.1 Å². The molecule has 96 valence electrons. The Balaban J connectivity index is 1.86. The van der Waals surface area contributed by atoms with Gasteiger partial charge in [0, 0.05) is 21.8 Å². The molecular formula is C14H11BrN2OS. The number of rotatable bonds is 3. The van der Waals surface area contributed by atoms with E-state index >= 15 is 0 Å². The number of imidazole rings is 1. The van der Waals surface area contributed by atoms with Crippen molar-refractivity contribution in [2.75, 3.05) is 0 Å². The van der Waals surface area contributed by atoms with Gasteiger partial charge in [0.25, 0.3) is 0 Å². The van der Waals surface area contributed by atoms with Crippen LogP contribution in [0.1, 0.15) is 5.69 Å². The molecule has 3 aromatic rings. The van der Waals surface area contributed by atoms with E-state index in [0.717, 1.165) is 20.7 Å². The zero-order valence-corrected chi connectivity index (χ0v) is 12.4. The Morgan fingerprint density at radius 3 is 2.89 bits per heavy atom. The number of hydrogen-bond donors (Lipinski definition) is 0. The van der Waals surface area contributed by atoms with Crippen LogP contribution in [0.25, 0.3) is 5.65 Å². The molecule has 3 rings (SSSR count). The van der Waals surface area contributed by atoms with Crippen molar-refractivity contribution >= 4 is 32.4 Å². The summed E-state index contributed by atoms with van der Waals surface area (Å²) in [7, 11) is -1.08. The van der Waals surface area contributed by atoms with Crippen LogP contribution in [0.2, 0.25) is 0 Å². The van der Waals surface area contributed by atoms with Gasteiger partial charge in [-0.3, -0.25) is 4.21 Å². The summed E-state index contributed by atoms with van der Waals surface area (Å²) in [5.74, 6) is 0.429. The third kappa shape index (κ3) is 2.77. The summed E-state index contributed by atoms with van der Waals surface area (Å²) >= 11 is 3.39. The molecule has 0 aliphatic rings. The van der Waals surface area contributed by atoms with Crippen LogP contribution in [-0.2, 0) is 16.6 Å². The molecule has 2 aromatic heterocycles. The van der Waals surface area contributed by atoms with Crippen molar-refractivity contribution in [2.24, 2.45) is 0 Å². The van der Waals surface area contributed by atoms with Crippen molar-refractivity contribution < 1.29 is 4.21 Å². The number of fused-ring (bicyclic) bond motifs is 1. The van der Waals surface area contributed by atoms with Crippen molar-refractivity contribution in [2.45, 2.75) is 10.6 Å². The van der Waals surface area contributed by atoms with Gasteiger partial charge in [-0.05, 0) is 30.3 Å². The van der Waals surface area contributed by atoms with Gasteiger partial charge in [0.1, 0.15) is 5.65 Å². The molecule has 0 fully saturated rings. The van der Waals surface area contributed by atoms with Crippen LogP contribution in [0.3, 0.4) is 0 Å². The van der Waals surface area contributed by atoms with E-state index in [-0.39, 0.29) is 0 Å². The lowest BCUT2D eigenvalue weighted by Crippen LogP contribution is -1.96. The maximum absolute atomic E-state index is 12.3. The van der Waals surface area contributed by atoms with Gasteiger partial charge in [0.2, 0.25) is 0 Å². The second-order valence-corrected chi connectivity index (χ2v) is 6.51. The Bertz CT molecular complexity index is 721. The van der Waals surface area contributed by atoms with Gasteiger partial charge >= 0.3 is 0 Å². The van der Waals surface area contributed by atoms with Crippen molar-refractivity contribution in [3.63, 3.8) is 0 Å². The van der Waals surface area contributed by atoms with E-state index in [1.807, 2.05) is 59.3 Å². The molecule has 0 aliphatic carbocycles. The Hall–Kier alpha value is -1.46. The molecule has 0 saturated carbocycles. The number of pyridine rings is 1. The topological polar surface area (TPSA) is 34.4 Å². The molecule has 0 saturated heterocycles. The molecule has 1 aromatic carbocycles. The summed E-state index contributed by atoms with van der Waals surface area (Å²) < 4.78 is 15.2. The highest BCUT2D eigenvalue weighted by Crippen LogP contribution is 2.17. The lowest BCUT2D eigenvalue weighted by Gasteiger charge is -2.00. The quantitative estimate of drug-likeness (QED) is 0.735. The largest absolute Gasteiger partial charge is 0.307 e. The Kier molecular flexibility index (Phi) is 3.48. The number of aromatic nitrogens is 2.